The summed E-state index contributed by atoms with van der Waals surface area (Å²) in [6.07, 6.45) is -0.876. The summed E-state index contributed by atoms with van der Waals surface area (Å²) in [6.45, 7) is 2.45. The maximum atomic E-state index is 12.1. The first-order valence-electron chi connectivity index (χ1n) is 9.53. The Morgan fingerprint density at radius 2 is 1.93 bits per heavy atom. The number of anilines is 1. The van der Waals surface area contributed by atoms with Crippen molar-refractivity contribution in [3.05, 3.63) is 29.8 Å². The van der Waals surface area contributed by atoms with Crippen LogP contribution >= 0.6 is 0 Å². The molecular formula is C20H22N4O5. The number of carbonyl (C=O) groups is 3. The van der Waals surface area contributed by atoms with Crippen molar-refractivity contribution < 1.29 is 24.2 Å². The number of nitriles is 1. The molecule has 1 aliphatic carbocycles. The largest absolute Gasteiger partial charge is 0.442 e. The maximum absolute atomic E-state index is 12.1. The molecule has 4 rings (SSSR count). The van der Waals surface area contributed by atoms with Gasteiger partial charge in [0.1, 0.15) is 12.7 Å². The molecule has 3 atom stereocenters. The number of benzene rings is 1. The number of hydrogen-bond donors (Lipinski definition) is 2. The number of piperidine rings is 1. The number of carbonyl (C=O) groups excluding carboxylic acids is 3. The van der Waals surface area contributed by atoms with E-state index in [1.54, 1.807) is 17.0 Å². The number of nitrogens with one attached hydrogen (secondary N) is 1. The van der Waals surface area contributed by atoms with E-state index < -0.39 is 24.2 Å². The van der Waals surface area contributed by atoms with Gasteiger partial charge in [0, 0.05) is 37.5 Å². The van der Waals surface area contributed by atoms with E-state index in [0.29, 0.717) is 25.3 Å². The summed E-state index contributed by atoms with van der Waals surface area (Å²) in [5.41, 5.74) is 0.918. The smallest absolute Gasteiger partial charge is 0.414 e. The highest BCUT2D eigenvalue weighted by Gasteiger charge is 2.70. The number of aliphatic hydroxyl groups is 1. The highest BCUT2D eigenvalue weighted by atomic mass is 16.6. The van der Waals surface area contributed by atoms with E-state index in [1.807, 2.05) is 12.1 Å². The third kappa shape index (κ3) is 3.09. The van der Waals surface area contributed by atoms with Gasteiger partial charge >= 0.3 is 6.09 Å². The van der Waals surface area contributed by atoms with Gasteiger partial charge in [0.15, 0.2) is 0 Å². The molecule has 2 saturated heterocycles. The van der Waals surface area contributed by atoms with E-state index in [-0.39, 0.29) is 30.2 Å². The molecule has 2 unspecified atom stereocenters. The summed E-state index contributed by atoms with van der Waals surface area (Å²) >= 11 is 0. The molecule has 2 heterocycles. The first kappa shape index (κ1) is 19.2. The second-order valence-electron chi connectivity index (χ2n) is 7.75. The van der Waals surface area contributed by atoms with Crippen molar-refractivity contribution in [3.63, 3.8) is 0 Å². The summed E-state index contributed by atoms with van der Waals surface area (Å²) < 4.78 is 5.28. The molecule has 0 bridgehead atoms. The zero-order valence-electron chi connectivity index (χ0n) is 16.0. The third-order valence-corrected chi connectivity index (χ3v) is 6.16. The number of fused-ring (bicyclic) bond motifs is 1. The van der Waals surface area contributed by atoms with Gasteiger partial charge in [-0.25, -0.2) is 4.79 Å². The first-order valence-corrected chi connectivity index (χ1v) is 9.53. The predicted molar refractivity (Wildman–Crippen MR) is 101 cm³/mol. The van der Waals surface area contributed by atoms with Crippen LogP contribution < -0.4 is 10.2 Å². The highest BCUT2D eigenvalue weighted by molar-refractivity contribution is 5.90. The summed E-state index contributed by atoms with van der Waals surface area (Å²) in [7, 11) is 0. The van der Waals surface area contributed by atoms with E-state index in [1.165, 1.54) is 11.8 Å². The topological polar surface area (TPSA) is 123 Å². The van der Waals surface area contributed by atoms with Crippen LogP contribution in [0.5, 0.6) is 0 Å². The van der Waals surface area contributed by atoms with Crippen LogP contribution in [-0.4, -0.2) is 66.8 Å². The molecular weight excluding hydrogens is 376 g/mol. The number of hydrogen-bond acceptors (Lipinski definition) is 6. The lowest BCUT2D eigenvalue weighted by Gasteiger charge is -2.23. The number of ether oxygens (including phenoxy) is 1. The zero-order valence-corrected chi connectivity index (χ0v) is 16.0. The lowest BCUT2D eigenvalue weighted by molar-refractivity contribution is -0.133. The lowest BCUT2D eigenvalue weighted by atomic mass is 9.91. The minimum atomic E-state index is -0.621. The Hall–Kier alpha value is -3.12. The van der Waals surface area contributed by atoms with Crippen LogP contribution in [0.1, 0.15) is 12.5 Å². The van der Waals surface area contributed by atoms with E-state index in [4.69, 9.17) is 9.84 Å². The van der Waals surface area contributed by atoms with Gasteiger partial charge < -0.3 is 20.1 Å². The van der Waals surface area contributed by atoms with E-state index in [9.17, 15) is 19.6 Å². The minimum Gasteiger partial charge on any atom is -0.442 e. The molecule has 1 aromatic carbocycles. The van der Waals surface area contributed by atoms with E-state index >= 15 is 0 Å². The molecule has 0 radical (unpaired) electrons. The van der Waals surface area contributed by atoms with Crippen molar-refractivity contribution in [1.82, 2.24) is 10.2 Å². The third-order valence-electron chi connectivity index (χ3n) is 6.16. The fraction of sp³-hybridized carbons (Fsp3) is 0.500. The molecule has 9 nitrogen and oxygen atoms in total. The second kappa shape index (κ2) is 7.04. The molecule has 3 fully saturated rings. The van der Waals surface area contributed by atoms with Crippen molar-refractivity contribution in [2.45, 2.75) is 18.4 Å². The molecule has 3 aliphatic rings. The van der Waals surface area contributed by atoms with Crippen LogP contribution in [0.15, 0.2) is 24.3 Å². The van der Waals surface area contributed by atoms with E-state index in [0.717, 1.165) is 5.56 Å². The normalized spacial score (nSPS) is 29.8. The van der Waals surface area contributed by atoms with Crippen molar-refractivity contribution in [2.24, 2.45) is 11.8 Å². The molecule has 0 spiro atoms. The van der Waals surface area contributed by atoms with Crippen LogP contribution in [0.3, 0.4) is 0 Å². The lowest BCUT2D eigenvalue weighted by Crippen LogP contribution is -2.36. The maximum Gasteiger partial charge on any atom is 0.414 e. The van der Waals surface area contributed by atoms with Gasteiger partial charge in [-0.1, -0.05) is 12.1 Å². The highest BCUT2D eigenvalue weighted by Crippen LogP contribution is 2.63. The Morgan fingerprint density at radius 1 is 1.28 bits per heavy atom. The number of cyclic esters (lactones) is 1. The van der Waals surface area contributed by atoms with Gasteiger partial charge in [0.05, 0.1) is 24.6 Å². The van der Waals surface area contributed by atoms with Gasteiger partial charge in [0.2, 0.25) is 11.8 Å². The number of rotatable bonds is 5. The van der Waals surface area contributed by atoms with Crippen molar-refractivity contribution in [1.29, 1.82) is 5.26 Å². The van der Waals surface area contributed by atoms with Gasteiger partial charge in [-0.15, -0.1) is 0 Å². The fourth-order valence-corrected chi connectivity index (χ4v) is 4.61. The van der Waals surface area contributed by atoms with Crippen LogP contribution in [0.4, 0.5) is 10.5 Å². The molecule has 9 heteroatoms. The standard InChI is InChI=1S/C20H22N4O5/c1-12(26)22-6-15-7-24(19(28)29-15)14-4-2-13(3-5-14)20(11-21)16-8-23(9-17(16)20)18(27)10-25/h2-5,15-17,25H,6-10H2,1H3,(H,22,26)/t15-,16?,17?,20?/m0/s1. The summed E-state index contributed by atoms with van der Waals surface area (Å²) in [5, 5.41) is 21.5. The van der Waals surface area contributed by atoms with Gasteiger partial charge in [0.25, 0.3) is 0 Å². The molecule has 1 aromatic rings. The van der Waals surface area contributed by atoms with Crippen molar-refractivity contribution >= 4 is 23.6 Å². The molecule has 1 saturated carbocycles. The van der Waals surface area contributed by atoms with Gasteiger partial charge in [-0.05, 0) is 17.7 Å². The average molecular weight is 398 g/mol. The predicted octanol–water partition coefficient (Wildman–Crippen LogP) is -0.0102. The summed E-state index contributed by atoms with van der Waals surface area (Å²) in [4.78, 5) is 38.0. The Labute approximate surface area is 167 Å². The van der Waals surface area contributed by atoms with Crippen LogP contribution in [-0.2, 0) is 19.7 Å². The fourth-order valence-electron chi connectivity index (χ4n) is 4.61. The van der Waals surface area contributed by atoms with E-state index in [2.05, 4.69) is 11.4 Å². The first-order chi connectivity index (χ1) is 13.9. The van der Waals surface area contributed by atoms with Crippen LogP contribution in [0.25, 0.3) is 0 Å². The average Bonchev–Trinajstić information content (AvgIpc) is 3.02. The second-order valence-corrected chi connectivity index (χ2v) is 7.75. The Morgan fingerprint density at radius 3 is 2.48 bits per heavy atom. The number of aliphatic hydroxyl groups excluding tert-OH is 1. The van der Waals surface area contributed by atoms with Gasteiger partial charge in [-0.3, -0.25) is 14.5 Å². The molecule has 0 aromatic heterocycles. The van der Waals surface area contributed by atoms with Crippen molar-refractivity contribution in [3.8, 4) is 6.07 Å². The number of amides is 3. The quantitative estimate of drug-likeness (QED) is 0.719. The van der Waals surface area contributed by atoms with Crippen LogP contribution in [0, 0.1) is 23.2 Å². The Balaban J connectivity index is 1.44. The summed E-state index contributed by atoms with van der Waals surface area (Å²) in [5.74, 6) is -0.360. The molecule has 3 amide bonds. The minimum absolute atomic E-state index is 0.0626. The van der Waals surface area contributed by atoms with Crippen LogP contribution in [0.2, 0.25) is 0 Å². The Bertz CT molecular complexity index is 881. The molecule has 152 valence electrons. The van der Waals surface area contributed by atoms with Crippen molar-refractivity contribution in [2.75, 3.05) is 37.7 Å². The zero-order chi connectivity index (χ0) is 20.8. The number of likely N-dealkylation sites (tertiary alicyclic amines) is 1. The molecule has 29 heavy (non-hydrogen) atoms. The summed E-state index contributed by atoms with van der Waals surface area (Å²) in [6, 6.07) is 9.72. The molecule has 2 N–H and O–H groups in total. The Kier molecular flexibility index (Phi) is 4.67. The van der Waals surface area contributed by atoms with Gasteiger partial charge in [-0.2, -0.15) is 5.26 Å². The monoisotopic (exact) mass is 398 g/mol. The SMILES string of the molecule is CC(=O)NC[C@H]1CN(c2ccc(C3(C#N)C4CN(C(=O)CO)CC43)cc2)C(=O)O1. The molecule has 2 aliphatic heterocycles. The number of nitrogens with zero attached hydrogens (tertiary/aromatic N) is 3.